The summed E-state index contributed by atoms with van der Waals surface area (Å²) >= 11 is 0. The molecule has 0 radical (unpaired) electrons. The number of rotatable bonds is 1. The van der Waals surface area contributed by atoms with E-state index in [0.29, 0.717) is 0 Å². The minimum absolute atomic E-state index is 0.600. The van der Waals surface area contributed by atoms with Crippen LogP contribution in [0.3, 0.4) is 0 Å². The molecule has 1 atom stereocenters. The van der Waals surface area contributed by atoms with E-state index in [1.54, 1.807) is 0 Å². The second-order valence-electron chi connectivity index (χ2n) is 1.41. The van der Waals surface area contributed by atoms with Crippen molar-refractivity contribution in [3.05, 3.63) is 0 Å². The zero-order valence-corrected chi connectivity index (χ0v) is 5.83. The summed E-state index contributed by atoms with van der Waals surface area (Å²) in [4.78, 5) is 10.3. The molecule has 4 N–H and O–H groups in total. The molecule has 0 aromatic rings. The average molecular weight is 151 g/mol. The summed E-state index contributed by atoms with van der Waals surface area (Å²) in [6, 6.07) is -0.600. The zero-order chi connectivity index (χ0) is 7.49. The van der Waals surface area contributed by atoms with E-state index < -0.39 is 15.9 Å². The molecule has 0 rings (SSSR count). The molecule has 0 aromatic carbocycles. The summed E-state index contributed by atoms with van der Waals surface area (Å²) in [5.41, 5.74) is 0. The number of carbonyl (C=O) groups excluding carboxylic acids is 1. The number of urea groups is 1. The Morgan fingerprint density at radius 3 is 2.33 bits per heavy atom. The van der Waals surface area contributed by atoms with E-state index in [-0.39, 0.29) is 0 Å². The number of hydrogen-bond donors (Lipinski definition) is 3. The van der Waals surface area contributed by atoms with Crippen LogP contribution in [0.5, 0.6) is 0 Å². The lowest BCUT2D eigenvalue weighted by atomic mass is 11.0. The highest BCUT2D eigenvalue weighted by atomic mass is 32.2. The van der Waals surface area contributed by atoms with Gasteiger partial charge in [0.25, 0.3) is 0 Å². The molecule has 0 aliphatic carbocycles. The maximum Gasteiger partial charge on any atom is 0.326 e. The van der Waals surface area contributed by atoms with Crippen molar-refractivity contribution in [3.63, 3.8) is 0 Å². The van der Waals surface area contributed by atoms with Crippen LogP contribution in [0.15, 0.2) is 0 Å². The van der Waals surface area contributed by atoms with Crippen molar-refractivity contribution in [1.29, 1.82) is 0 Å². The van der Waals surface area contributed by atoms with Crippen molar-refractivity contribution in [3.8, 4) is 0 Å². The van der Waals surface area contributed by atoms with Gasteiger partial charge in [0.15, 0.2) is 0 Å². The standard InChI is InChI=1S/C3H9N3O2S/c1-5-3(7)6-9(2,4)8/h2H2,1H3,(H4,4,5,6,7,8). The minimum atomic E-state index is -2.90. The Morgan fingerprint density at radius 2 is 2.22 bits per heavy atom. The Balaban J connectivity index is 3.91. The third kappa shape index (κ3) is 5.12. The summed E-state index contributed by atoms with van der Waals surface area (Å²) in [6.45, 7) is 0. The van der Waals surface area contributed by atoms with E-state index in [2.05, 4.69) is 11.2 Å². The molecule has 0 fully saturated rings. The lowest BCUT2D eigenvalue weighted by Gasteiger charge is -2.02. The smallest absolute Gasteiger partial charge is 0.326 e. The van der Waals surface area contributed by atoms with Crippen LogP contribution < -0.4 is 15.2 Å². The van der Waals surface area contributed by atoms with Crippen LogP contribution in [-0.2, 0) is 9.89 Å². The van der Waals surface area contributed by atoms with Gasteiger partial charge in [-0.25, -0.2) is 14.1 Å². The van der Waals surface area contributed by atoms with Crippen molar-refractivity contribution >= 4 is 21.8 Å². The van der Waals surface area contributed by atoms with Crippen molar-refractivity contribution in [2.75, 3.05) is 7.05 Å². The fraction of sp³-hybridized carbons (Fsp3) is 0.333. The average Bonchev–Trinajstić information content (AvgIpc) is 1.62. The lowest BCUT2D eigenvalue weighted by Crippen LogP contribution is -2.41. The first-order chi connectivity index (χ1) is 3.95. The molecular weight excluding hydrogens is 142 g/mol. The second kappa shape index (κ2) is 2.70. The fourth-order valence-electron chi connectivity index (χ4n) is 0.208. The van der Waals surface area contributed by atoms with E-state index in [1.165, 1.54) is 7.05 Å². The van der Waals surface area contributed by atoms with Gasteiger partial charge in [0, 0.05) is 7.05 Å². The molecule has 54 valence electrons. The van der Waals surface area contributed by atoms with Crippen LogP contribution in [0.25, 0.3) is 0 Å². The maximum absolute atomic E-state index is 10.5. The van der Waals surface area contributed by atoms with Gasteiger partial charge in [0.1, 0.15) is 9.89 Å². The van der Waals surface area contributed by atoms with Gasteiger partial charge in [-0.1, -0.05) is 0 Å². The number of amides is 2. The summed E-state index contributed by atoms with van der Waals surface area (Å²) in [5.74, 6) is 2.99. The van der Waals surface area contributed by atoms with E-state index in [0.717, 1.165) is 0 Å². The van der Waals surface area contributed by atoms with Crippen molar-refractivity contribution < 1.29 is 9.00 Å². The monoisotopic (exact) mass is 151 g/mol. The molecule has 0 heterocycles. The molecule has 1 unspecified atom stereocenters. The van der Waals surface area contributed by atoms with E-state index in [4.69, 9.17) is 5.14 Å². The van der Waals surface area contributed by atoms with Crippen LogP contribution >= 0.6 is 0 Å². The molecule has 0 saturated heterocycles. The van der Waals surface area contributed by atoms with Gasteiger partial charge in [-0.15, -0.1) is 0 Å². The first-order valence-corrected chi connectivity index (χ1v) is 3.89. The van der Waals surface area contributed by atoms with Gasteiger partial charge in [-0.2, -0.15) is 0 Å². The van der Waals surface area contributed by atoms with Crippen LogP contribution in [-0.4, -0.2) is 23.2 Å². The van der Waals surface area contributed by atoms with E-state index in [1.807, 2.05) is 4.72 Å². The van der Waals surface area contributed by atoms with Gasteiger partial charge < -0.3 is 5.32 Å². The van der Waals surface area contributed by atoms with E-state index in [9.17, 15) is 9.00 Å². The lowest BCUT2D eigenvalue weighted by molar-refractivity contribution is 0.248. The fourth-order valence-corrected chi connectivity index (χ4v) is 0.624. The van der Waals surface area contributed by atoms with E-state index >= 15 is 0 Å². The minimum Gasteiger partial charge on any atom is -0.340 e. The summed E-state index contributed by atoms with van der Waals surface area (Å²) in [5, 5.41) is 7.03. The van der Waals surface area contributed by atoms with Gasteiger partial charge in [-0.3, -0.25) is 4.72 Å². The molecule has 0 spiro atoms. The molecule has 0 saturated carbocycles. The Hall–Kier alpha value is -0.750. The van der Waals surface area contributed by atoms with Crippen LogP contribution in [0.1, 0.15) is 0 Å². The van der Waals surface area contributed by atoms with Crippen LogP contribution in [0.4, 0.5) is 4.79 Å². The number of carbonyl (C=O) groups is 1. The van der Waals surface area contributed by atoms with Crippen molar-refractivity contribution in [2.45, 2.75) is 0 Å². The number of hydrogen-bond acceptors (Lipinski definition) is 2. The Morgan fingerprint density at radius 1 is 1.78 bits per heavy atom. The van der Waals surface area contributed by atoms with Crippen molar-refractivity contribution in [2.24, 2.45) is 5.14 Å². The molecule has 0 aromatic heterocycles. The molecule has 0 aliphatic rings. The molecule has 2 amide bonds. The predicted molar refractivity (Wildman–Crippen MR) is 37.0 cm³/mol. The van der Waals surface area contributed by atoms with Crippen LogP contribution in [0, 0.1) is 0 Å². The molecule has 6 heteroatoms. The van der Waals surface area contributed by atoms with Gasteiger partial charge in [-0.05, 0) is 5.87 Å². The van der Waals surface area contributed by atoms with Gasteiger partial charge >= 0.3 is 6.03 Å². The van der Waals surface area contributed by atoms with Gasteiger partial charge in [0.2, 0.25) is 0 Å². The summed E-state index contributed by atoms with van der Waals surface area (Å²) < 4.78 is 12.4. The Kier molecular flexibility index (Phi) is 2.47. The van der Waals surface area contributed by atoms with Crippen molar-refractivity contribution in [1.82, 2.24) is 10.0 Å². The first kappa shape index (κ1) is 8.25. The maximum atomic E-state index is 10.5. The Bertz CT molecular complexity index is 195. The molecule has 9 heavy (non-hydrogen) atoms. The number of nitrogens with one attached hydrogen (secondary N) is 2. The highest BCUT2D eigenvalue weighted by Gasteiger charge is 1.98. The summed E-state index contributed by atoms with van der Waals surface area (Å²) in [7, 11) is -1.51. The van der Waals surface area contributed by atoms with Crippen LogP contribution in [0.2, 0.25) is 0 Å². The quantitative estimate of drug-likeness (QED) is 0.395. The number of nitrogens with two attached hydrogens (primary N) is 1. The SMILES string of the molecule is C=S(N)(=O)NC(=O)NC. The normalized spacial score (nSPS) is 15.8. The third-order valence-electron chi connectivity index (χ3n) is 0.493. The highest BCUT2D eigenvalue weighted by Crippen LogP contribution is 1.65. The third-order valence-corrected chi connectivity index (χ3v) is 1.02. The molecule has 0 bridgehead atoms. The highest BCUT2D eigenvalue weighted by molar-refractivity contribution is 7.96. The predicted octanol–water partition coefficient (Wildman–Crippen LogP) is -1.58. The summed E-state index contributed by atoms with van der Waals surface area (Å²) in [6.07, 6.45) is 0. The van der Waals surface area contributed by atoms with Gasteiger partial charge in [0.05, 0.1) is 0 Å². The second-order valence-corrected chi connectivity index (χ2v) is 3.06. The first-order valence-electron chi connectivity index (χ1n) is 2.10. The topological polar surface area (TPSA) is 84.2 Å². The zero-order valence-electron chi connectivity index (χ0n) is 5.01. The largest absolute Gasteiger partial charge is 0.340 e. The molecule has 0 aliphatic heterocycles. The molecule has 5 nitrogen and oxygen atoms in total. The molecular formula is C3H9N3O2S. The Labute approximate surface area is 53.9 Å².